The van der Waals surface area contributed by atoms with Crippen LogP contribution in [0.1, 0.15) is 43.5 Å². The van der Waals surface area contributed by atoms with E-state index in [1.165, 1.54) is 0 Å². The highest BCUT2D eigenvalue weighted by Gasteiger charge is 2.42. The van der Waals surface area contributed by atoms with Gasteiger partial charge in [-0.15, -0.1) is 0 Å². The molecule has 2 aliphatic carbocycles. The minimum Gasteiger partial charge on any atom is -0.376 e. The fourth-order valence-electron chi connectivity index (χ4n) is 3.10. The molecule has 5 heteroatoms. The largest absolute Gasteiger partial charge is 0.376 e. The number of hydrogen-bond acceptors (Lipinski definition) is 3. The molecule has 1 aromatic rings. The average molecular weight is 330 g/mol. The minimum atomic E-state index is -0.302. The third-order valence-electron chi connectivity index (χ3n) is 5.35. The molecular weight excluding hydrogens is 304 g/mol. The number of hydrogen-bond donors (Lipinski definition) is 2. The van der Waals surface area contributed by atoms with Crippen LogP contribution in [0.4, 0.5) is 5.69 Å². The minimum absolute atomic E-state index is 0.0424. The second-order valence-electron chi connectivity index (χ2n) is 7.36. The lowest BCUT2D eigenvalue weighted by molar-refractivity contribution is -0.117. The van der Waals surface area contributed by atoms with Gasteiger partial charge in [0.1, 0.15) is 0 Å². The molecular formula is C19H26N2O3. The van der Waals surface area contributed by atoms with E-state index in [2.05, 4.69) is 17.6 Å². The summed E-state index contributed by atoms with van der Waals surface area (Å²) in [6.07, 6.45) is 3.26. The van der Waals surface area contributed by atoms with E-state index in [1.807, 2.05) is 13.0 Å². The molecule has 0 radical (unpaired) electrons. The van der Waals surface area contributed by atoms with Crippen molar-refractivity contribution in [1.29, 1.82) is 0 Å². The fourth-order valence-corrected chi connectivity index (χ4v) is 3.10. The van der Waals surface area contributed by atoms with Crippen molar-refractivity contribution in [3.63, 3.8) is 0 Å². The first-order valence-electron chi connectivity index (χ1n) is 8.67. The van der Waals surface area contributed by atoms with Crippen LogP contribution in [0.15, 0.2) is 24.3 Å². The van der Waals surface area contributed by atoms with Gasteiger partial charge in [0.25, 0.3) is 5.91 Å². The lowest BCUT2D eigenvalue weighted by atomic mass is 10.00. The maximum atomic E-state index is 12.4. The first kappa shape index (κ1) is 17.0. The van der Waals surface area contributed by atoms with Gasteiger partial charge in [0.05, 0.1) is 5.60 Å². The molecule has 3 atom stereocenters. The zero-order valence-corrected chi connectivity index (χ0v) is 14.6. The van der Waals surface area contributed by atoms with Gasteiger partial charge in [0.2, 0.25) is 5.91 Å². The lowest BCUT2D eigenvalue weighted by Crippen LogP contribution is -2.43. The molecule has 0 unspecified atom stereocenters. The first-order chi connectivity index (χ1) is 11.4. The number of carbonyl (C=O) groups is 2. The molecule has 1 aromatic carbocycles. The van der Waals surface area contributed by atoms with Crippen LogP contribution in [0.2, 0.25) is 0 Å². The topological polar surface area (TPSA) is 67.4 Å². The van der Waals surface area contributed by atoms with Gasteiger partial charge in [0.15, 0.2) is 0 Å². The number of anilines is 1. The van der Waals surface area contributed by atoms with E-state index in [-0.39, 0.29) is 23.3 Å². The summed E-state index contributed by atoms with van der Waals surface area (Å²) in [6, 6.07) is 7.08. The highest BCUT2D eigenvalue weighted by Crippen LogP contribution is 2.41. The quantitative estimate of drug-likeness (QED) is 0.808. The fraction of sp³-hybridized carbons (Fsp3) is 0.579. The van der Waals surface area contributed by atoms with Gasteiger partial charge >= 0.3 is 0 Å². The molecule has 5 nitrogen and oxygen atoms in total. The van der Waals surface area contributed by atoms with Crippen LogP contribution in [-0.4, -0.2) is 31.1 Å². The number of nitrogens with one attached hydrogen (secondary N) is 2. The molecule has 0 aliphatic heterocycles. The van der Waals surface area contributed by atoms with Gasteiger partial charge < -0.3 is 15.4 Å². The van der Waals surface area contributed by atoms with Crippen molar-refractivity contribution in [3.05, 3.63) is 29.8 Å². The van der Waals surface area contributed by atoms with E-state index < -0.39 is 0 Å². The summed E-state index contributed by atoms with van der Waals surface area (Å²) in [6.45, 7) is 4.60. The number of ether oxygens (including phenoxy) is 1. The van der Waals surface area contributed by atoms with Gasteiger partial charge in [-0.25, -0.2) is 0 Å². The Kier molecular flexibility index (Phi) is 4.63. The summed E-state index contributed by atoms with van der Waals surface area (Å²) >= 11 is 0. The molecule has 2 amide bonds. The maximum Gasteiger partial charge on any atom is 0.251 e. The van der Waals surface area contributed by atoms with Crippen molar-refractivity contribution in [1.82, 2.24) is 5.32 Å². The molecule has 0 bridgehead atoms. The lowest BCUT2D eigenvalue weighted by Gasteiger charge is -2.28. The van der Waals surface area contributed by atoms with Crippen LogP contribution in [0.3, 0.4) is 0 Å². The Morgan fingerprint density at radius 2 is 2.04 bits per heavy atom. The summed E-state index contributed by atoms with van der Waals surface area (Å²) in [5.41, 5.74) is 0.915. The van der Waals surface area contributed by atoms with Crippen molar-refractivity contribution < 1.29 is 14.3 Å². The smallest absolute Gasteiger partial charge is 0.251 e. The van der Waals surface area contributed by atoms with Crippen molar-refractivity contribution in [2.24, 2.45) is 17.8 Å². The van der Waals surface area contributed by atoms with Crippen LogP contribution in [0, 0.1) is 17.8 Å². The molecule has 2 N–H and O–H groups in total. The summed E-state index contributed by atoms with van der Waals surface area (Å²) in [5.74, 6) is 0.999. The zero-order valence-electron chi connectivity index (χ0n) is 14.6. The van der Waals surface area contributed by atoms with E-state index in [0.717, 1.165) is 19.3 Å². The molecule has 130 valence electrons. The molecule has 0 aromatic heterocycles. The normalized spacial score (nSPS) is 24.8. The Morgan fingerprint density at radius 3 is 2.62 bits per heavy atom. The molecule has 3 rings (SSSR count). The van der Waals surface area contributed by atoms with Crippen LogP contribution < -0.4 is 10.6 Å². The van der Waals surface area contributed by atoms with E-state index >= 15 is 0 Å². The van der Waals surface area contributed by atoms with Crippen LogP contribution in [-0.2, 0) is 9.53 Å². The van der Waals surface area contributed by atoms with E-state index in [9.17, 15) is 9.59 Å². The molecule has 0 heterocycles. The van der Waals surface area contributed by atoms with Crippen LogP contribution in [0.5, 0.6) is 0 Å². The van der Waals surface area contributed by atoms with E-state index in [0.29, 0.717) is 29.6 Å². The molecule has 2 saturated carbocycles. The molecule has 2 aliphatic rings. The van der Waals surface area contributed by atoms with Crippen molar-refractivity contribution >= 4 is 17.5 Å². The van der Waals surface area contributed by atoms with E-state index in [4.69, 9.17) is 4.74 Å². The number of methoxy groups -OCH3 is 1. The number of carbonyl (C=O) groups excluding carboxylic acids is 2. The zero-order chi connectivity index (χ0) is 17.3. The Hall–Kier alpha value is -1.88. The van der Waals surface area contributed by atoms with Gasteiger partial charge in [-0.3, -0.25) is 9.59 Å². The Balaban J connectivity index is 1.58. The van der Waals surface area contributed by atoms with Gasteiger partial charge in [-0.05, 0) is 56.2 Å². The number of rotatable bonds is 7. The van der Waals surface area contributed by atoms with Crippen molar-refractivity contribution in [2.75, 3.05) is 19.0 Å². The SMILES string of the molecule is CO[C@](C)(CNC(=O)c1cccc(NC(=O)[C@H]2C[C@@H]2C)c1)C1CC1. The Labute approximate surface area is 143 Å². The monoisotopic (exact) mass is 330 g/mol. The van der Waals surface area contributed by atoms with Gasteiger partial charge in [0, 0.05) is 30.8 Å². The Morgan fingerprint density at radius 1 is 1.33 bits per heavy atom. The van der Waals surface area contributed by atoms with Crippen molar-refractivity contribution in [3.8, 4) is 0 Å². The van der Waals surface area contributed by atoms with Gasteiger partial charge in [-0.2, -0.15) is 0 Å². The number of amides is 2. The molecule has 0 saturated heterocycles. The molecule has 0 spiro atoms. The highest BCUT2D eigenvalue weighted by atomic mass is 16.5. The summed E-state index contributed by atoms with van der Waals surface area (Å²) in [7, 11) is 1.69. The van der Waals surface area contributed by atoms with Gasteiger partial charge in [-0.1, -0.05) is 13.0 Å². The average Bonchev–Trinajstić information content (AvgIpc) is 3.47. The second kappa shape index (κ2) is 6.55. The predicted octanol–water partition coefficient (Wildman–Crippen LogP) is 2.83. The third kappa shape index (κ3) is 3.78. The maximum absolute atomic E-state index is 12.4. The third-order valence-corrected chi connectivity index (χ3v) is 5.35. The summed E-state index contributed by atoms with van der Waals surface area (Å²) < 4.78 is 5.60. The Bertz CT molecular complexity index is 641. The number of benzene rings is 1. The molecule has 2 fully saturated rings. The summed E-state index contributed by atoms with van der Waals surface area (Å²) in [5, 5.41) is 5.86. The molecule has 24 heavy (non-hydrogen) atoms. The standard InChI is InChI=1S/C19H26N2O3/c1-12-9-16(12)18(23)21-15-6-4-5-13(10-15)17(22)20-11-19(2,24-3)14-7-8-14/h4-6,10,12,14,16H,7-9,11H2,1-3H3,(H,20,22)(H,21,23)/t12-,16-,19+/m0/s1. The highest BCUT2D eigenvalue weighted by molar-refractivity contribution is 5.98. The van der Waals surface area contributed by atoms with Crippen LogP contribution >= 0.6 is 0 Å². The summed E-state index contributed by atoms with van der Waals surface area (Å²) in [4.78, 5) is 24.4. The van der Waals surface area contributed by atoms with E-state index in [1.54, 1.807) is 25.3 Å². The van der Waals surface area contributed by atoms with Crippen LogP contribution in [0.25, 0.3) is 0 Å². The predicted molar refractivity (Wildman–Crippen MR) is 92.8 cm³/mol. The second-order valence-corrected chi connectivity index (χ2v) is 7.36. The first-order valence-corrected chi connectivity index (χ1v) is 8.67. The van der Waals surface area contributed by atoms with Crippen molar-refractivity contribution in [2.45, 2.75) is 38.7 Å².